The maximum atomic E-state index is 12.4. The van der Waals surface area contributed by atoms with Crippen molar-refractivity contribution in [3.8, 4) is 0 Å². The maximum Gasteiger partial charge on any atom is 0.251 e. The number of carbonyl (C=O) groups excluding carboxylic acids is 2. The van der Waals surface area contributed by atoms with Crippen LogP contribution in [0.2, 0.25) is 0 Å². The van der Waals surface area contributed by atoms with Crippen LogP contribution in [0.3, 0.4) is 0 Å². The van der Waals surface area contributed by atoms with E-state index in [4.69, 9.17) is 8.83 Å². The Morgan fingerprint density at radius 3 is 1.32 bits per heavy atom. The van der Waals surface area contributed by atoms with E-state index in [-0.39, 0.29) is 23.9 Å². The molecule has 0 aliphatic heterocycles. The van der Waals surface area contributed by atoms with Gasteiger partial charge in [-0.2, -0.15) is 0 Å². The van der Waals surface area contributed by atoms with Gasteiger partial charge in [-0.3, -0.25) is 9.59 Å². The monoisotopic (exact) mass is 380 g/mol. The predicted octanol–water partition coefficient (Wildman–Crippen LogP) is 4.47. The summed E-state index contributed by atoms with van der Waals surface area (Å²) in [4.78, 5) is 24.8. The fraction of sp³-hybridized carbons (Fsp3) is 0.273. The van der Waals surface area contributed by atoms with Gasteiger partial charge in [0.2, 0.25) is 0 Å². The number of hydrogen-bond donors (Lipinski definition) is 2. The van der Waals surface area contributed by atoms with E-state index in [0.717, 1.165) is 11.5 Å². The van der Waals surface area contributed by atoms with Gasteiger partial charge in [-0.15, -0.1) is 0 Å². The van der Waals surface area contributed by atoms with E-state index in [9.17, 15) is 9.59 Å². The first-order valence-corrected chi connectivity index (χ1v) is 9.18. The summed E-state index contributed by atoms with van der Waals surface area (Å²) in [6, 6.07) is 13.4. The Morgan fingerprint density at radius 2 is 1.04 bits per heavy atom. The number of furan rings is 2. The molecule has 3 aromatic rings. The van der Waals surface area contributed by atoms with Crippen LogP contribution in [0, 0.1) is 13.8 Å². The lowest BCUT2D eigenvalue weighted by atomic mass is 10.1. The summed E-state index contributed by atoms with van der Waals surface area (Å²) in [5, 5.41) is 5.77. The highest BCUT2D eigenvalue weighted by molar-refractivity contribution is 5.98. The highest BCUT2D eigenvalue weighted by Gasteiger charge is 2.16. The van der Waals surface area contributed by atoms with Crippen molar-refractivity contribution in [2.75, 3.05) is 0 Å². The van der Waals surface area contributed by atoms with Crippen molar-refractivity contribution >= 4 is 11.8 Å². The minimum Gasteiger partial charge on any atom is -0.464 e. The zero-order valence-electron chi connectivity index (χ0n) is 16.4. The Bertz CT molecular complexity index is 889. The Hall–Kier alpha value is -3.28. The molecule has 1 aromatic carbocycles. The Balaban J connectivity index is 1.60. The lowest BCUT2D eigenvalue weighted by Crippen LogP contribution is -2.27. The first kappa shape index (κ1) is 19.5. The van der Waals surface area contributed by atoms with Gasteiger partial charge in [0.05, 0.1) is 12.1 Å². The summed E-state index contributed by atoms with van der Waals surface area (Å²) < 4.78 is 11.1. The third-order valence-corrected chi connectivity index (χ3v) is 4.48. The molecule has 0 bridgehead atoms. The second-order valence-electron chi connectivity index (χ2n) is 6.86. The van der Waals surface area contributed by atoms with Crippen LogP contribution in [0.4, 0.5) is 0 Å². The average Bonchev–Trinajstić information content (AvgIpc) is 3.30. The second-order valence-corrected chi connectivity index (χ2v) is 6.86. The van der Waals surface area contributed by atoms with Crippen molar-refractivity contribution in [3.05, 3.63) is 82.7 Å². The van der Waals surface area contributed by atoms with E-state index in [2.05, 4.69) is 10.6 Å². The van der Waals surface area contributed by atoms with E-state index >= 15 is 0 Å². The van der Waals surface area contributed by atoms with Gasteiger partial charge in [-0.1, -0.05) is 0 Å². The fourth-order valence-corrected chi connectivity index (χ4v) is 2.85. The zero-order valence-corrected chi connectivity index (χ0v) is 16.4. The molecule has 2 amide bonds. The van der Waals surface area contributed by atoms with Crippen LogP contribution in [0.5, 0.6) is 0 Å². The van der Waals surface area contributed by atoms with Crippen LogP contribution < -0.4 is 10.6 Å². The molecule has 0 fully saturated rings. The minimum atomic E-state index is -0.248. The van der Waals surface area contributed by atoms with Crippen molar-refractivity contribution < 1.29 is 18.4 Å². The minimum absolute atomic E-state index is 0.229. The topological polar surface area (TPSA) is 84.5 Å². The van der Waals surface area contributed by atoms with Gasteiger partial charge in [-0.05, 0) is 76.2 Å². The smallest absolute Gasteiger partial charge is 0.251 e. The Labute approximate surface area is 163 Å². The molecule has 0 saturated carbocycles. The summed E-state index contributed by atoms with van der Waals surface area (Å²) in [5.41, 5.74) is 0.947. The maximum absolute atomic E-state index is 12.4. The number of benzene rings is 1. The van der Waals surface area contributed by atoms with E-state index in [1.165, 1.54) is 0 Å². The van der Waals surface area contributed by atoms with Crippen LogP contribution in [0.1, 0.15) is 69.7 Å². The van der Waals surface area contributed by atoms with Gasteiger partial charge in [0, 0.05) is 11.1 Å². The van der Waals surface area contributed by atoms with Crippen molar-refractivity contribution in [2.45, 2.75) is 39.8 Å². The summed E-state index contributed by atoms with van der Waals surface area (Å²) in [6.07, 6.45) is 0. The molecule has 2 unspecified atom stereocenters. The molecule has 2 aromatic heterocycles. The van der Waals surface area contributed by atoms with Crippen LogP contribution in [-0.4, -0.2) is 11.8 Å². The molecular weight excluding hydrogens is 356 g/mol. The molecule has 28 heavy (non-hydrogen) atoms. The summed E-state index contributed by atoms with van der Waals surface area (Å²) in [7, 11) is 0. The highest BCUT2D eigenvalue weighted by atomic mass is 16.3. The standard InChI is InChI=1S/C22H24N2O4/c1-13-5-11-19(27-13)15(3)23-21(25)17-7-9-18(10-8-17)22(26)24-16(4)20-12-6-14(2)28-20/h5-12,15-16H,1-4H3,(H,23,25)(H,24,26). The van der Waals surface area contributed by atoms with Gasteiger partial charge >= 0.3 is 0 Å². The number of nitrogens with one attached hydrogen (secondary N) is 2. The normalized spacial score (nSPS) is 13.0. The number of hydrogen-bond acceptors (Lipinski definition) is 4. The molecule has 6 heteroatoms. The third-order valence-electron chi connectivity index (χ3n) is 4.48. The van der Waals surface area contributed by atoms with E-state index in [1.54, 1.807) is 24.3 Å². The summed E-state index contributed by atoms with van der Waals surface area (Å²) >= 11 is 0. The number of aryl methyl sites for hydroxylation is 2. The molecule has 0 spiro atoms. The lowest BCUT2D eigenvalue weighted by Gasteiger charge is -2.13. The molecule has 2 N–H and O–H groups in total. The molecule has 0 aliphatic rings. The number of carbonyl (C=O) groups is 2. The summed E-state index contributed by atoms with van der Waals surface area (Å²) in [5.74, 6) is 2.53. The third kappa shape index (κ3) is 4.52. The average molecular weight is 380 g/mol. The molecule has 0 saturated heterocycles. The largest absolute Gasteiger partial charge is 0.464 e. The van der Waals surface area contributed by atoms with Crippen LogP contribution in [0.25, 0.3) is 0 Å². The first-order chi connectivity index (χ1) is 13.3. The summed E-state index contributed by atoms with van der Waals surface area (Å²) in [6.45, 7) is 7.43. The molecule has 2 heterocycles. The van der Waals surface area contributed by atoms with Crippen molar-refractivity contribution in [1.29, 1.82) is 0 Å². The molecular formula is C22H24N2O4. The fourth-order valence-electron chi connectivity index (χ4n) is 2.85. The van der Waals surface area contributed by atoms with Crippen LogP contribution >= 0.6 is 0 Å². The van der Waals surface area contributed by atoms with E-state index in [0.29, 0.717) is 22.6 Å². The van der Waals surface area contributed by atoms with Gasteiger partial charge in [0.25, 0.3) is 11.8 Å². The molecule has 0 radical (unpaired) electrons. The van der Waals surface area contributed by atoms with Crippen molar-refractivity contribution in [1.82, 2.24) is 10.6 Å². The van der Waals surface area contributed by atoms with Crippen molar-refractivity contribution in [3.63, 3.8) is 0 Å². The Morgan fingerprint density at radius 1 is 0.679 bits per heavy atom. The van der Waals surface area contributed by atoms with Crippen LogP contribution in [-0.2, 0) is 0 Å². The zero-order chi connectivity index (χ0) is 20.3. The lowest BCUT2D eigenvalue weighted by molar-refractivity contribution is 0.0923. The Kier molecular flexibility index (Phi) is 5.68. The van der Waals surface area contributed by atoms with Gasteiger partial charge < -0.3 is 19.5 Å². The molecule has 2 atom stereocenters. The van der Waals surface area contributed by atoms with E-state index in [1.807, 2.05) is 52.0 Å². The number of rotatable bonds is 6. The first-order valence-electron chi connectivity index (χ1n) is 9.18. The van der Waals surface area contributed by atoms with E-state index < -0.39 is 0 Å². The van der Waals surface area contributed by atoms with Gasteiger partial charge in [0.1, 0.15) is 23.0 Å². The molecule has 3 rings (SSSR count). The number of amides is 2. The quantitative estimate of drug-likeness (QED) is 0.661. The second kappa shape index (κ2) is 8.17. The van der Waals surface area contributed by atoms with Crippen LogP contribution in [0.15, 0.2) is 57.4 Å². The van der Waals surface area contributed by atoms with Gasteiger partial charge in [-0.25, -0.2) is 0 Å². The van der Waals surface area contributed by atoms with Gasteiger partial charge in [0.15, 0.2) is 0 Å². The predicted molar refractivity (Wildman–Crippen MR) is 105 cm³/mol. The molecule has 146 valence electrons. The van der Waals surface area contributed by atoms with Crippen molar-refractivity contribution in [2.24, 2.45) is 0 Å². The molecule has 6 nitrogen and oxygen atoms in total. The highest BCUT2D eigenvalue weighted by Crippen LogP contribution is 2.18. The molecule has 0 aliphatic carbocycles. The SMILES string of the molecule is Cc1ccc(C(C)NC(=O)c2ccc(C(=O)NC(C)c3ccc(C)o3)cc2)o1.